The fourth-order valence-electron chi connectivity index (χ4n) is 7.10. The minimum absolute atomic E-state index is 0.0614. The van der Waals surface area contributed by atoms with Crippen LogP contribution in [0.5, 0.6) is 0 Å². The second-order valence-corrected chi connectivity index (χ2v) is 10.6. The summed E-state index contributed by atoms with van der Waals surface area (Å²) in [5.41, 5.74) is 0.00459. The first-order chi connectivity index (χ1) is 16.2. The Morgan fingerprint density at radius 2 is 1.91 bits per heavy atom. The van der Waals surface area contributed by atoms with Crippen LogP contribution in [0.25, 0.3) is 0 Å². The summed E-state index contributed by atoms with van der Waals surface area (Å²) in [4.78, 5) is 38.4. The van der Waals surface area contributed by atoms with E-state index in [2.05, 4.69) is 0 Å². The zero-order valence-electron chi connectivity index (χ0n) is 19.4. The van der Waals surface area contributed by atoms with Crippen LogP contribution >= 0.6 is 11.6 Å². The van der Waals surface area contributed by atoms with Crippen molar-refractivity contribution in [2.75, 3.05) is 5.88 Å². The zero-order chi connectivity index (χ0) is 24.3. The molecule has 6 heteroatoms. The first kappa shape index (κ1) is 23.2. The monoisotopic (exact) mass is 482 g/mol. The number of esters is 1. The lowest BCUT2D eigenvalue weighted by Gasteiger charge is -2.53. The molecule has 1 saturated carbocycles. The molecule has 0 aliphatic heterocycles. The molecule has 5 atom stereocenters. The van der Waals surface area contributed by atoms with Crippen LogP contribution in [-0.2, 0) is 14.3 Å². The predicted octanol–water partition coefficient (Wildman–Crippen LogP) is 5.71. The average Bonchev–Trinajstić information content (AvgIpc) is 3.11. The maximum atomic E-state index is 16.2. The fourth-order valence-corrected chi connectivity index (χ4v) is 7.32. The van der Waals surface area contributed by atoms with E-state index in [1.54, 1.807) is 36.4 Å². The Balaban J connectivity index is 1.59. The molecule has 0 aromatic heterocycles. The molecule has 1 aromatic carbocycles. The molecule has 1 fully saturated rings. The molecule has 0 N–H and O–H groups in total. The Hall–Kier alpha value is -2.53. The van der Waals surface area contributed by atoms with Crippen LogP contribution in [-0.4, -0.2) is 35.2 Å². The molecule has 178 valence electrons. The van der Waals surface area contributed by atoms with Crippen LogP contribution in [0, 0.1) is 16.7 Å². The highest BCUT2D eigenvalue weighted by atomic mass is 35.5. The van der Waals surface area contributed by atoms with Gasteiger partial charge in [-0.25, -0.2) is 9.18 Å². The number of carbonyl (C=O) groups is 3. The van der Waals surface area contributed by atoms with Crippen LogP contribution < -0.4 is 0 Å². The highest BCUT2D eigenvalue weighted by Gasteiger charge is 2.67. The molecule has 4 aliphatic rings. The van der Waals surface area contributed by atoms with E-state index in [0.717, 1.165) is 16.7 Å². The van der Waals surface area contributed by atoms with Gasteiger partial charge in [-0.3, -0.25) is 9.59 Å². The normalized spacial score (nSPS) is 36.4. The molecular weight excluding hydrogens is 455 g/mol. The number of allylic oxidation sites excluding steroid dienone is 6. The Kier molecular flexibility index (Phi) is 5.47. The Morgan fingerprint density at radius 1 is 1.18 bits per heavy atom. The number of benzene rings is 1. The Labute approximate surface area is 203 Å². The van der Waals surface area contributed by atoms with Crippen LogP contribution in [0.4, 0.5) is 4.39 Å². The summed E-state index contributed by atoms with van der Waals surface area (Å²) in [6.07, 6.45) is 5.97. The molecule has 0 saturated heterocycles. The number of rotatable bonds is 4. The van der Waals surface area contributed by atoms with Gasteiger partial charge in [0.25, 0.3) is 0 Å². The van der Waals surface area contributed by atoms with Crippen molar-refractivity contribution in [2.24, 2.45) is 16.7 Å². The molecule has 0 spiro atoms. The van der Waals surface area contributed by atoms with E-state index in [-0.39, 0.29) is 29.8 Å². The Morgan fingerprint density at radius 3 is 2.62 bits per heavy atom. The van der Waals surface area contributed by atoms with Crippen molar-refractivity contribution in [1.29, 1.82) is 0 Å². The van der Waals surface area contributed by atoms with Gasteiger partial charge in [-0.2, -0.15) is 0 Å². The fraction of sp³-hybridized carbons (Fsp3) is 0.464. The standard InChI is InChI=1S/C28H28ClFO4/c1-26-12-10-19(31)14-18(26)8-9-20-21-11-13-28(23(32)16-29,27(21,2)15-22(30)24(20)26)34-25(33)17-6-4-3-5-7-17/h3-7,10,12,14,21-22H,8-9,11,13,15-16H2,1-2H3/t21-,22?,26-,27-,28-/m0/s1. The van der Waals surface area contributed by atoms with Gasteiger partial charge in [-0.05, 0) is 74.8 Å². The SMILES string of the molecule is C[C@]12C=CC(=O)C=C1CCC1=C2C(F)C[C@@]2(C)[C@H]1CC[C@]2(OC(=O)c1ccccc1)C(=O)CCl. The molecule has 0 amide bonds. The number of carbonyl (C=O) groups excluding carboxylic acids is 3. The molecule has 34 heavy (non-hydrogen) atoms. The van der Waals surface area contributed by atoms with Crippen molar-refractivity contribution < 1.29 is 23.5 Å². The van der Waals surface area contributed by atoms with E-state index < -0.39 is 28.6 Å². The van der Waals surface area contributed by atoms with E-state index in [4.69, 9.17) is 16.3 Å². The third kappa shape index (κ3) is 3.12. The smallest absolute Gasteiger partial charge is 0.339 e. The predicted molar refractivity (Wildman–Crippen MR) is 127 cm³/mol. The topological polar surface area (TPSA) is 60.4 Å². The van der Waals surface area contributed by atoms with E-state index >= 15 is 4.39 Å². The summed E-state index contributed by atoms with van der Waals surface area (Å²) in [5, 5.41) is 0. The average molecular weight is 483 g/mol. The number of hydrogen-bond donors (Lipinski definition) is 0. The van der Waals surface area contributed by atoms with Crippen molar-refractivity contribution in [3.8, 4) is 0 Å². The summed E-state index contributed by atoms with van der Waals surface area (Å²) in [6.45, 7) is 3.87. The maximum Gasteiger partial charge on any atom is 0.339 e. The molecule has 0 heterocycles. The van der Waals surface area contributed by atoms with Crippen molar-refractivity contribution in [1.82, 2.24) is 0 Å². The number of Topliss-reactive ketones (excluding diaryl/α,β-unsaturated/α-hetero) is 1. The lowest BCUT2D eigenvalue weighted by Crippen LogP contribution is -2.58. The maximum absolute atomic E-state index is 16.2. The third-order valence-corrected chi connectivity index (χ3v) is 9.04. The van der Waals surface area contributed by atoms with Crippen molar-refractivity contribution >= 4 is 29.1 Å². The van der Waals surface area contributed by atoms with E-state index in [1.165, 1.54) is 6.08 Å². The van der Waals surface area contributed by atoms with Crippen LogP contribution in [0.1, 0.15) is 56.3 Å². The van der Waals surface area contributed by atoms with Gasteiger partial charge in [0, 0.05) is 10.8 Å². The highest BCUT2D eigenvalue weighted by Crippen LogP contribution is 2.66. The van der Waals surface area contributed by atoms with E-state index in [1.807, 2.05) is 19.9 Å². The van der Waals surface area contributed by atoms with Gasteiger partial charge in [-0.1, -0.05) is 42.3 Å². The number of fused-ring (bicyclic) bond motifs is 4. The molecular formula is C28H28ClFO4. The van der Waals surface area contributed by atoms with Crippen molar-refractivity contribution in [3.63, 3.8) is 0 Å². The second kappa shape index (κ2) is 8.01. The summed E-state index contributed by atoms with van der Waals surface area (Å²) in [7, 11) is 0. The highest BCUT2D eigenvalue weighted by molar-refractivity contribution is 6.29. The summed E-state index contributed by atoms with van der Waals surface area (Å²) in [5.74, 6) is -1.43. The molecule has 5 rings (SSSR count). The van der Waals surface area contributed by atoms with Gasteiger partial charge < -0.3 is 4.74 Å². The van der Waals surface area contributed by atoms with Gasteiger partial charge in [0.1, 0.15) is 6.17 Å². The largest absolute Gasteiger partial charge is 0.447 e. The van der Waals surface area contributed by atoms with Crippen molar-refractivity contribution in [3.05, 3.63) is 70.8 Å². The number of alkyl halides is 2. The van der Waals surface area contributed by atoms with Crippen LogP contribution in [0.2, 0.25) is 0 Å². The first-order valence-corrected chi connectivity index (χ1v) is 12.4. The molecule has 0 radical (unpaired) electrons. The second-order valence-electron chi connectivity index (χ2n) is 10.4. The molecule has 4 aliphatic carbocycles. The number of hydrogen-bond acceptors (Lipinski definition) is 4. The van der Waals surface area contributed by atoms with Crippen LogP contribution in [0.3, 0.4) is 0 Å². The van der Waals surface area contributed by atoms with Gasteiger partial charge in [0.2, 0.25) is 0 Å². The number of ketones is 2. The molecule has 1 unspecified atom stereocenters. The van der Waals surface area contributed by atoms with E-state index in [0.29, 0.717) is 31.2 Å². The lowest BCUT2D eigenvalue weighted by molar-refractivity contribution is -0.152. The number of halogens is 2. The minimum Gasteiger partial charge on any atom is -0.447 e. The van der Waals surface area contributed by atoms with Crippen LogP contribution in [0.15, 0.2) is 65.3 Å². The molecule has 4 nitrogen and oxygen atoms in total. The molecule has 0 bridgehead atoms. The third-order valence-electron chi connectivity index (χ3n) is 8.80. The zero-order valence-corrected chi connectivity index (χ0v) is 20.2. The van der Waals surface area contributed by atoms with Gasteiger partial charge in [-0.15, -0.1) is 11.6 Å². The summed E-state index contributed by atoms with van der Waals surface area (Å²) < 4.78 is 22.3. The number of ether oxygens (including phenoxy) is 1. The van der Waals surface area contributed by atoms with E-state index in [9.17, 15) is 14.4 Å². The van der Waals surface area contributed by atoms with Gasteiger partial charge >= 0.3 is 5.97 Å². The lowest BCUT2D eigenvalue weighted by atomic mass is 9.53. The molecule has 1 aromatic rings. The Bertz CT molecular complexity index is 1170. The summed E-state index contributed by atoms with van der Waals surface area (Å²) >= 11 is 6.05. The van der Waals surface area contributed by atoms with Gasteiger partial charge in [0.15, 0.2) is 17.2 Å². The minimum atomic E-state index is -1.48. The first-order valence-electron chi connectivity index (χ1n) is 11.9. The quantitative estimate of drug-likeness (QED) is 0.313. The van der Waals surface area contributed by atoms with Crippen molar-refractivity contribution in [2.45, 2.75) is 57.7 Å². The van der Waals surface area contributed by atoms with Gasteiger partial charge in [0.05, 0.1) is 11.4 Å². The summed E-state index contributed by atoms with van der Waals surface area (Å²) in [6, 6.07) is 8.55.